The van der Waals surface area contributed by atoms with Crippen molar-refractivity contribution < 1.29 is 14.3 Å². The van der Waals surface area contributed by atoms with Crippen LogP contribution in [-0.2, 0) is 20.9 Å². The first kappa shape index (κ1) is 28.0. The number of para-hydroxylation sites is 1. The molecule has 1 aromatic heterocycles. The molecule has 0 saturated heterocycles. The standard InChI is InChI=1S/C31H25ClN4O4S2/c1-3-40-25(37)17-22-26(28(38)36(33-22)21-12-8-5-9-13-21)30-35(18-19-10-6-4-7-11-19)29(39)27(42-30)31-34(2)23-16-20(32)14-15-24(23)41-31/h4-16H,3,17-18H2,1-2H3. The lowest BCUT2D eigenvalue weighted by atomic mass is 10.1. The van der Waals surface area contributed by atoms with Crippen LogP contribution in [0.4, 0.5) is 11.4 Å². The average molecular weight is 617 g/mol. The van der Waals surface area contributed by atoms with Gasteiger partial charge in [-0.25, -0.2) is 0 Å². The maximum atomic E-state index is 14.2. The normalized spacial score (nSPS) is 17.0. The number of benzene rings is 3. The van der Waals surface area contributed by atoms with Crippen LogP contribution in [0.3, 0.4) is 0 Å². The Hall–Kier alpha value is -4.12. The summed E-state index contributed by atoms with van der Waals surface area (Å²) in [5, 5.41) is 7.20. The number of halogens is 1. The topological polar surface area (TPSA) is 84.2 Å². The number of carbonyl (C=O) groups excluding carboxylic acids is 2. The lowest BCUT2D eigenvalue weighted by Gasteiger charge is -2.12. The minimum absolute atomic E-state index is 0.201. The number of anilines is 2. The lowest BCUT2D eigenvalue weighted by molar-refractivity contribution is -0.141. The fraction of sp³-hybridized carbons (Fsp3) is 0.161. The van der Waals surface area contributed by atoms with Gasteiger partial charge in [0, 0.05) is 17.0 Å². The first-order valence-electron chi connectivity index (χ1n) is 13.2. The molecule has 4 aromatic rings. The summed E-state index contributed by atoms with van der Waals surface area (Å²) in [7, 11) is 1.89. The van der Waals surface area contributed by atoms with Crippen LogP contribution in [0.15, 0.2) is 93.7 Å². The predicted molar refractivity (Wildman–Crippen MR) is 169 cm³/mol. The number of amides is 1. The van der Waals surface area contributed by atoms with Crippen LogP contribution in [0.2, 0.25) is 5.02 Å². The summed E-state index contributed by atoms with van der Waals surface area (Å²) in [4.78, 5) is 43.8. The van der Waals surface area contributed by atoms with Gasteiger partial charge >= 0.3 is 5.97 Å². The van der Waals surface area contributed by atoms with Crippen molar-refractivity contribution >= 4 is 74.3 Å². The van der Waals surface area contributed by atoms with Crippen molar-refractivity contribution in [3.05, 3.63) is 109 Å². The molecular formula is C31H25ClN4O4S2. The summed E-state index contributed by atoms with van der Waals surface area (Å²) >= 11 is 8.98. The van der Waals surface area contributed by atoms with Crippen LogP contribution in [-0.4, -0.2) is 35.8 Å². The zero-order valence-electron chi connectivity index (χ0n) is 22.7. The molecule has 0 N–H and O–H groups in total. The van der Waals surface area contributed by atoms with Crippen molar-refractivity contribution in [2.45, 2.75) is 24.8 Å². The van der Waals surface area contributed by atoms with Crippen LogP contribution in [0, 0.1) is 0 Å². The summed E-state index contributed by atoms with van der Waals surface area (Å²) in [6.45, 7) is 2.16. The molecule has 0 aliphatic carbocycles. The smallest absolute Gasteiger partial charge is 0.311 e. The SMILES string of the molecule is CCOC(=O)CC1=NN(c2ccccc2)C(=O)C1=c1sc(=C2Sc3ccc(Cl)cc3N2C)c(=O)n1Cc1ccccc1. The number of carbonyl (C=O) groups is 2. The van der Waals surface area contributed by atoms with E-state index in [0.717, 1.165) is 21.2 Å². The van der Waals surface area contributed by atoms with Gasteiger partial charge in [0.15, 0.2) is 0 Å². The average Bonchev–Trinajstić information content (AvgIpc) is 3.60. The van der Waals surface area contributed by atoms with Crippen molar-refractivity contribution in [1.29, 1.82) is 0 Å². The van der Waals surface area contributed by atoms with Gasteiger partial charge in [0.05, 0.1) is 42.2 Å². The fourth-order valence-corrected chi connectivity index (χ4v) is 7.49. The third-order valence-corrected chi connectivity index (χ3v) is 9.59. The molecule has 212 valence electrons. The summed E-state index contributed by atoms with van der Waals surface area (Å²) < 4.78 is 7.73. The molecule has 42 heavy (non-hydrogen) atoms. The number of aromatic nitrogens is 1. The minimum atomic E-state index is -0.502. The van der Waals surface area contributed by atoms with Crippen LogP contribution < -0.4 is 24.7 Å². The number of ether oxygens (including phenoxy) is 1. The number of hydrazone groups is 1. The first-order valence-corrected chi connectivity index (χ1v) is 15.2. The molecule has 0 saturated carbocycles. The van der Waals surface area contributed by atoms with Gasteiger partial charge in [-0.1, -0.05) is 71.9 Å². The maximum absolute atomic E-state index is 14.2. The Morgan fingerprint density at radius 1 is 1.00 bits per heavy atom. The highest BCUT2D eigenvalue weighted by molar-refractivity contribution is 8.08. The van der Waals surface area contributed by atoms with E-state index in [4.69, 9.17) is 16.3 Å². The monoisotopic (exact) mass is 616 g/mol. The molecule has 1 amide bonds. The quantitative estimate of drug-likeness (QED) is 0.298. The molecule has 0 bridgehead atoms. The molecule has 0 fully saturated rings. The molecule has 6 rings (SSSR count). The van der Waals surface area contributed by atoms with Gasteiger partial charge in [-0.05, 0) is 42.8 Å². The van der Waals surface area contributed by atoms with Gasteiger partial charge in [-0.15, -0.1) is 11.3 Å². The van der Waals surface area contributed by atoms with Gasteiger partial charge in [-0.2, -0.15) is 10.1 Å². The number of esters is 1. The molecule has 0 radical (unpaired) electrons. The van der Waals surface area contributed by atoms with Gasteiger partial charge < -0.3 is 9.64 Å². The van der Waals surface area contributed by atoms with E-state index in [9.17, 15) is 14.4 Å². The predicted octanol–water partition coefficient (Wildman–Crippen LogP) is 4.43. The third kappa shape index (κ3) is 5.17. The number of thioether (sulfide) groups is 1. The van der Waals surface area contributed by atoms with Gasteiger partial charge in [0.25, 0.3) is 11.5 Å². The Morgan fingerprint density at radius 2 is 1.71 bits per heavy atom. The number of thiazole rings is 1. The second-order valence-electron chi connectivity index (χ2n) is 9.55. The number of rotatable bonds is 6. The fourth-order valence-electron chi connectivity index (χ4n) is 4.84. The molecule has 0 spiro atoms. The van der Waals surface area contributed by atoms with Gasteiger partial charge in [-0.3, -0.25) is 19.0 Å². The maximum Gasteiger partial charge on any atom is 0.311 e. The second kappa shape index (κ2) is 11.6. The van der Waals surface area contributed by atoms with Crippen molar-refractivity contribution in [3.63, 3.8) is 0 Å². The molecule has 3 heterocycles. The molecule has 8 nitrogen and oxygen atoms in total. The van der Waals surface area contributed by atoms with E-state index in [-0.39, 0.29) is 36.4 Å². The second-order valence-corrected chi connectivity index (χ2v) is 12.0. The Morgan fingerprint density at radius 3 is 2.43 bits per heavy atom. The van der Waals surface area contributed by atoms with E-state index < -0.39 is 11.9 Å². The lowest BCUT2D eigenvalue weighted by Crippen LogP contribution is -2.36. The van der Waals surface area contributed by atoms with Crippen molar-refractivity contribution in [3.8, 4) is 0 Å². The number of hydrogen-bond acceptors (Lipinski definition) is 8. The van der Waals surface area contributed by atoms with E-state index in [2.05, 4.69) is 5.10 Å². The van der Waals surface area contributed by atoms with E-state index in [1.165, 1.54) is 28.1 Å². The number of hydrogen-bond donors (Lipinski definition) is 0. The first-order chi connectivity index (χ1) is 20.4. The number of nitrogens with zero attached hydrogens (tertiary/aromatic N) is 4. The van der Waals surface area contributed by atoms with E-state index in [0.29, 0.717) is 19.9 Å². The van der Waals surface area contributed by atoms with Gasteiger partial charge in [0.1, 0.15) is 14.2 Å². The summed E-state index contributed by atoms with van der Waals surface area (Å²) in [5.74, 6) is -0.916. The van der Waals surface area contributed by atoms with E-state index >= 15 is 0 Å². The highest BCUT2D eigenvalue weighted by Gasteiger charge is 2.35. The van der Waals surface area contributed by atoms with Crippen LogP contribution in [0.5, 0.6) is 0 Å². The van der Waals surface area contributed by atoms with Crippen molar-refractivity contribution in [2.24, 2.45) is 5.10 Å². The molecule has 2 aliphatic heterocycles. The van der Waals surface area contributed by atoms with Crippen LogP contribution in [0.25, 0.3) is 10.6 Å². The molecular weight excluding hydrogens is 592 g/mol. The Labute approximate surface area is 254 Å². The van der Waals surface area contributed by atoms with Gasteiger partial charge in [0.2, 0.25) is 0 Å². The third-order valence-electron chi connectivity index (χ3n) is 6.80. The van der Waals surface area contributed by atoms with Crippen molar-refractivity contribution in [1.82, 2.24) is 4.57 Å². The summed E-state index contributed by atoms with van der Waals surface area (Å²) in [6.07, 6.45) is -0.208. The zero-order chi connectivity index (χ0) is 29.4. The Balaban J connectivity index is 1.61. The largest absolute Gasteiger partial charge is 0.466 e. The molecule has 0 unspecified atom stereocenters. The van der Waals surface area contributed by atoms with Crippen LogP contribution >= 0.6 is 34.7 Å². The molecule has 2 aliphatic rings. The summed E-state index contributed by atoms with van der Waals surface area (Å²) in [5.41, 5.74) is 2.58. The number of fused-ring (bicyclic) bond motifs is 1. The Kier molecular flexibility index (Phi) is 7.76. The van der Waals surface area contributed by atoms with E-state index in [1.807, 2.05) is 78.7 Å². The van der Waals surface area contributed by atoms with Crippen molar-refractivity contribution in [2.75, 3.05) is 23.6 Å². The molecule has 3 aromatic carbocycles. The highest BCUT2D eigenvalue weighted by Crippen LogP contribution is 2.46. The van der Waals surface area contributed by atoms with E-state index in [1.54, 1.807) is 23.6 Å². The van der Waals surface area contributed by atoms with Crippen LogP contribution in [0.1, 0.15) is 18.9 Å². The minimum Gasteiger partial charge on any atom is -0.466 e. The highest BCUT2D eigenvalue weighted by atomic mass is 35.5. The summed E-state index contributed by atoms with van der Waals surface area (Å²) in [6, 6.07) is 24.2. The molecule has 0 atom stereocenters. The Bertz CT molecular complexity index is 1920. The zero-order valence-corrected chi connectivity index (χ0v) is 25.1. The molecule has 11 heteroatoms.